The molecule has 2 N–H and O–H groups in total. The zero-order valence-electron chi connectivity index (χ0n) is 8.73. The molecule has 3 heteroatoms. The Labute approximate surface area is 93.8 Å². The van der Waals surface area contributed by atoms with Crippen LogP contribution in [0.4, 0.5) is 0 Å². The smallest absolute Gasteiger partial charge is 0.0801 e. The van der Waals surface area contributed by atoms with Gasteiger partial charge in [-0.1, -0.05) is 29.8 Å². The van der Waals surface area contributed by atoms with E-state index in [-0.39, 0.29) is 0 Å². The standard InChI is InChI=1S/C12H14N2S/c1-9-3-2-4-10(7-9)12-11(5-6-13)14-8-15-12/h2-4,7-8H,5-6,13H2,1H3. The van der Waals surface area contributed by atoms with Gasteiger partial charge in [-0.25, -0.2) is 4.98 Å². The first kappa shape index (κ1) is 10.3. The number of benzene rings is 1. The van der Waals surface area contributed by atoms with Gasteiger partial charge in [0.15, 0.2) is 0 Å². The van der Waals surface area contributed by atoms with E-state index in [1.54, 1.807) is 11.3 Å². The number of nitrogens with zero attached hydrogens (tertiary/aromatic N) is 1. The molecule has 1 aromatic heterocycles. The van der Waals surface area contributed by atoms with E-state index in [1.807, 2.05) is 5.51 Å². The third kappa shape index (κ3) is 2.25. The minimum absolute atomic E-state index is 0.655. The molecule has 0 aliphatic carbocycles. The molecule has 0 aliphatic rings. The zero-order valence-corrected chi connectivity index (χ0v) is 9.55. The molecule has 15 heavy (non-hydrogen) atoms. The number of aromatic nitrogens is 1. The van der Waals surface area contributed by atoms with Crippen LogP contribution < -0.4 is 5.73 Å². The van der Waals surface area contributed by atoms with E-state index in [2.05, 4.69) is 36.2 Å². The van der Waals surface area contributed by atoms with Crippen LogP contribution in [0.2, 0.25) is 0 Å². The van der Waals surface area contributed by atoms with Crippen molar-refractivity contribution in [3.63, 3.8) is 0 Å². The molecule has 0 amide bonds. The molecule has 2 rings (SSSR count). The number of thiazole rings is 1. The summed E-state index contributed by atoms with van der Waals surface area (Å²) in [5, 5.41) is 0. The molecule has 0 spiro atoms. The second-order valence-corrected chi connectivity index (χ2v) is 4.39. The van der Waals surface area contributed by atoms with Crippen LogP contribution in [0.15, 0.2) is 29.8 Å². The number of nitrogens with two attached hydrogens (primary N) is 1. The lowest BCUT2D eigenvalue weighted by molar-refractivity contribution is 0.937. The van der Waals surface area contributed by atoms with E-state index in [4.69, 9.17) is 5.73 Å². The first-order valence-electron chi connectivity index (χ1n) is 5.00. The number of hydrogen-bond donors (Lipinski definition) is 1. The second-order valence-electron chi connectivity index (χ2n) is 3.54. The Morgan fingerprint density at radius 1 is 1.40 bits per heavy atom. The SMILES string of the molecule is Cc1cccc(-c2scnc2CCN)c1. The van der Waals surface area contributed by atoms with E-state index >= 15 is 0 Å². The van der Waals surface area contributed by atoms with Crippen molar-refractivity contribution in [1.29, 1.82) is 0 Å². The van der Waals surface area contributed by atoms with E-state index < -0.39 is 0 Å². The fourth-order valence-corrected chi connectivity index (χ4v) is 2.44. The lowest BCUT2D eigenvalue weighted by Gasteiger charge is -2.02. The van der Waals surface area contributed by atoms with Crippen molar-refractivity contribution >= 4 is 11.3 Å². The van der Waals surface area contributed by atoms with Crippen LogP contribution in [0, 0.1) is 6.92 Å². The molecule has 78 valence electrons. The minimum atomic E-state index is 0.655. The summed E-state index contributed by atoms with van der Waals surface area (Å²) in [6.07, 6.45) is 0.854. The Balaban J connectivity index is 2.40. The van der Waals surface area contributed by atoms with Gasteiger partial charge in [0, 0.05) is 6.42 Å². The summed E-state index contributed by atoms with van der Waals surface area (Å²) in [6, 6.07) is 8.50. The molecule has 1 heterocycles. The topological polar surface area (TPSA) is 38.9 Å². The molecule has 0 aliphatic heterocycles. The number of aryl methyl sites for hydroxylation is 1. The molecule has 0 radical (unpaired) electrons. The second kappa shape index (κ2) is 4.55. The maximum atomic E-state index is 5.56. The highest BCUT2D eigenvalue weighted by molar-refractivity contribution is 7.13. The van der Waals surface area contributed by atoms with Gasteiger partial charge in [0.1, 0.15) is 0 Å². The van der Waals surface area contributed by atoms with Gasteiger partial charge in [-0.15, -0.1) is 11.3 Å². The Bertz CT molecular complexity index is 448. The summed E-state index contributed by atoms with van der Waals surface area (Å²) in [6.45, 7) is 2.76. The Morgan fingerprint density at radius 2 is 2.27 bits per heavy atom. The Morgan fingerprint density at radius 3 is 3.00 bits per heavy atom. The average molecular weight is 218 g/mol. The number of hydrogen-bond acceptors (Lipinski definition) is 3. The van der Waals surface area contributed by atoms with Gasteiger partial charge in [-0.05, 0) is 19.0 Å². The molecule has 0 fully saturated rings. The van der Waals surface area contributed by atoms with Gasteiger partial charge in [0.05, 0.1) is 16.1 Å². The highest BCUT2D eigenvalue weighted by atomic mass is 32.1. The highest BCUT2D eigenvalue weighted by Crippen LogP contribution is 2.28. The third-order valence-corrected chi connectivity index (χ3v) is 3.22. The monoisotopic (exact) mass is 218 g/mol. The van der Waals surface area contributed by atoms with E-state index in [1.165, 1.54) is 16.0 Å². The van der Waals surface area contributed by atoms with Crippen molar-refractivity contribution < 1.29 is 0 Å². The lowest BCUT2D eigenvalue weighted by atomic mass is 10.1. The predicted molar refractivity (Wildman–Crippen MR) is 65.0 cm³/mol. The molecule has 0 saturated carbocycles. The van der Waals surface area contributed by atoms with Crippen LogP contribution in [-0.4, -0.2) is 11.5 Å². The summed E-state index contributed by atoms with van der Waals surface area (Å²) in [5.74, 6) is 0. The van der Waals surface area contributed by atoms with Crippen LogP contribution in [0.1, 0.15) is 11.3 Å². The van der Waals surface area contributed by atoms with Gasteiger partial charge in [-0.2, -0.15) is 0 Å². The van der Waals surface area contributed by atoms with Gasteiger partial charge >= 0.3 is 0 Å². The molecule has 0 bridgehead atoms. The van der Waals surface area contributed by atoms with Gasteiger partial charge < -0.3 is 5.73 Å². The van der Waals surface area contributed by atoms with Crippen molar-refractivity contribution in [3.8, 4) is 10.4 Å². The zero-order chi connectivity index (χ0) is 10.7. The first-order chi connectivity index (χ1) is 7.31. The average Bonchev–Trinajstić information content (AvgIpc) is 2.66. The van der Waals surface area contributed by atoms with Crippen LogP contribution in [0.5, 0.6) is 0 Å². The number of rotatable bonds is 3. The van der Waals surface area contributed by atoms with Crippen molar-refractivity contribution in [2.24, 2.45) is 5.73 Å². The molecule has 0 atom stereocenters. The fourth-order valence-electron chi connectivity index (χ4n) is 1.61. The molecular weight excluding hydrogens is 204 g/mol. The summed E-state index contributed by atoms with van der Waals surface area (Å²) >= 11 is 1.68. The van der Waals surface area contributed by atoms with Crippen molar-refractivity contribution in [1.82, 2.24) is 4.98 Å². The first-order valence-corrected chi connectivity index (χ1v) is 5.88. The molecule has 1 aromatic carbocycles. The van der Waals surface area contributed by atoms with Crippen molar-refractivity contribution in [2.45, 2.75) is 13.3 Å². The molecule has 0 saturated heterocycles. The molecule has 2 nitrogen and oxygen atoms in total. The molecule has 2 aromatic rings. The van der Waals surface area contributed by atoms with Crippen molar-refractivity contribution in [2.75, 3.05) is 6.54 Å². The highest BCUT2D eigenvalue weighted by Gasteiger charge is 2.07. The van der Waals surface area contributed by atoms with E-state index in [0.717, 1.165) is 12.1 Å². The molecule has 0 unspecified atom stereocenters. The quantitative estimate of drug-likeness (QED) is 0.860. The maximum absolute atomic E-state index is 5.56. The van der Waals surface area contributed by atoms with E-state index in [9.17, 15) is 0 Å². The van der Waals surface area contributed by atoms with E-state index in [0.29, 0.717) is 6.54 Å². The normalized spacial score (nSPS) is 10.5. The van der Waals surface area contributed by atoms with Crippen LogP contribution in [0.25, 0.3) is 10.4 Å². The Hall–Kier alpha value is -1.19. The van der Waals surface area contributed by atoms with Crippen molar-refractivity contribution in [3.05, 3.63) is 41.0 Å². The maximum Gasteiger partial charge on any atom is 0.0801 e. The van der Waals surface area contributed by atoms with Crippen LogP contribution in [-0.2, 0) is 6.42 Å². The van der Waals surface area contributed by atoms with Crippen LogP contribution in [0.3, 0.4) is 0 Å². The van der Waals surface area contributed by atoms with Gasteiger partial charge in [-0.3, -0.25) is 0 Å². The van der Waals surface area contributed by atoms with Gasteiger partial charge in [0.25, 0.3) is 0 Å². The minimum Gasteiger partial charge on any atom is -0.330 e. The predicted octanol–water partition coefficient (Wildman–Crippen LogP) is 2.62. The van der Waals surface area contributed by atoms with Crippen LogP contribution >= 0.6 is 11.3 Å². The van der Waals surface area contributed by atoms with Gasteiger partial charge in [0.2, 0.25) is 0 Å². The lowest BCUT2D eigenvalue weighted by Crippen LogP contribution is -2.03. The summed E-state index contributed by atoms with van der Waals surface area (Å²) in [4.78, 5) is 5.60. The third-order valence-electron chi connectivity index (χ3n) is 2.30. The summed E-state index contributed by atoms with van der Waals surface area (Å²) < 4.78 is 0. The fraction of sp³-hybridized carbons (Fsp3) is 0.250. The largest absolute Gasteiger partial charge is 0.330 e. The Kier molecular flexibility index (Phi) is 3.14. The summed E-state index contributed by atoms with van der Waals surface area (Å²) in [7, 11) is 0. The molecular formula is C12H14N2S. The summed E-state index contributed by atoms with van der Waals surface area (Å²) in [5.41, 5.74) is 11.1.